The molecule has 1 heterocycles. The van der Waals surface area contributed by atoms with Gasteiger partial charge in [-0.25, -0.2) is 9.55 Å². The summed E-state index contributed by atoms with van der Waals surface area (Å²) in [6.07, 6.45) is 1.22. The summed E-state index contributed by atoms with van der Waals surface area (Å²) in [5.74, 6) is -0.232. The molecule has 3 aromatic rings. The molecule has 37 heavy (non-hydrogen) atoms. The van der Waals surface area contributed by atoms with Crippen molar-refractivity contribution < 1.29 is 36.8 Å². The monoisotopic (exact) mass is 558 g/mol. The van der Waals surface area contributed by atoms with E-state index in [4.69, 9.17) is 20.3 Å². The van der Waals surface area contributed by atoms with Crippen LogP contribution in [-0.2, 0) is 27.2 Å². The van der Waals surface area contributed by atoms with E-state index in [0.717, 1.165) is 43.1 Å². The van der Waals surface area contributed by atoms with Crippen molar-refractivity contribution in [3.63, 3.8) is 0 Å². The molecule has 0 spiro atoms. The maximum absolute atomic E-state index is 13.8. The fourth-order valence-electron chi connectivity index (χ4n) is 3.59. The maximum atomic E-state index is 13.8. The first-order chi connectivity index (χ1) is 17.4. The van der Waals surface area contributed by atoms with Crippen molar-refractivity contribution in [1.29, 1.82) is 0 Å². The SMILES string of the molecule is C[C@](N)(COP(=O)(O)O)c1ncc(-c2ccc(OCCCCCCc3ccccc3)c(C(F)(F)F)c2)s1. The van der Waals surface area contributed by atoms with Crippen LogP contribution in [0, 0.1) is 0 Å². The topological polar surface area (TPSA) is 115 Å². The highest BCUT2D eigenvalue weighted by Gasteiger charge is 2.35. The molecule has 12 heteroatoms. The highest BCUT2D eigenvalue weighted by molar-refractivity contribution is 7.46. The Labute approximate surface area is 217 Å². The Hall–Kier alpha value is -2.27. The number of alkyl halides is 3. The van der Waals surface area contributed by atoms with Gasteiger partial charge < -0.3 is 20.3 Å². The molecule has 0 bridgehead atoms. The Morgan fingerprint density at radius 1 is 1.05 bits per heavy atom. The number of nitrogens with two attached hydrogens (primary N) is 1. The van der Waals surface area contributed by atoms with Gasteiger partial charge in [0, 0.05) is 6.20 Å². The quantitative estimate of drug-likeness (QED) is 0.167. The van der Waals surface area contributed by atoms with Crippen LogP contribution in [-0.4, -0.2) is 28.0 Å². The Morgan fingerprint density at radius 3 is 2.43 bits per heavy atom. The van der Waals surface area contributed by atoms with Gasteiger partial charge in [-0.2, -0.15) is 13.2 Å². The van der Waals surface area contributed by atoms with Gasteiger partial charge >= 0.3 is 14.0 Å². The van der Waals surface area contributed by atoms with E-state index in [0.29, 0.717) is 11.3 Å². The molecular formula is C25H30F3N2O5PS. The zero-order chi connectivity index (χ0) is 27.1. The van der Waals surface area contributed by atoms with Crippen LogP contribution in [0.3, 0.4) is 0 Å². The van der Waals surface area contributed by atoms with Gasteiger partial charge in [0.2, 0.25) is 0 Å². The summed E-state index contributed by atoms with van der Waals surface area (Å²) in [6.45, 7) is 1.13. The number of benzene rings is 2. The van der Waals surface area contributed by atoms with Crippen LogP contribution in [0.1, 0.15) is 48.7 Å². The first-order valence-electron chi connectivity index (χ1n) is 11.7. The van der Waals surface area contributed by atoms with Crippen molar-refractivity contribution in [3.8, 4) is 16.2 Å². The van der Waals surface area contributed by atoms with E-state index >= 15 is 0 Å². The summed E-state index contributed by atoms with van der Waals surface area (Å²) in [4.78, 5) is 22.3. The molecule has 0 saturated heterocycles. The Balaban J connectivity index is 1.59. The minimum Gasteiger partial charge on any atom is -0.493 e. The lowest BCUT2D eigenvalue weighted by Gasteiger charge is -2.21. The summed E-state index contributed by atoms with van der Waals surface area (Å²) in [7, 11) is -4.74. The Kier molecular flexibility index (Phi) is 9.91. The van der Waals surface area contributed by atoms with Crippen molar-refractivity contribution in [3.05, 3.63) is 70.9 Å². The molecule has 202 valence electrons. The average molecular weight is 559 g/mol. The fraction of sp³-hybridized carbons (Fsp3) is 0.400. The molecule has 0 saturated carbocycles. The predicted molar refractivity (Wildman–Crippen MR) is 136 cm³/mol. The third-order valence-corrected chi connectivity index (χ3v) is 7.35. The van der Waals surface area contributed by atoms with Crippen LogP contribution in [0.15, 0.2) is 54.7 Å². The Bertz CT molecular complexity index is 1200. The molecule has 7 nitrogen and oxygen atoms in total. The molecule has 3 rings (SSSR count). The van der Waals surface area contributed by atoms with Gasteiger partial charge in [0.1, 0.15) is 10.8 Å². The molecular weight excluding hydrogens is 528 g/mol. The van der Waals surface area contributed by atoms with E-state index < -0.39 is 31.7 Å². The number of phosphoric ester groups is 1. The van der Waals surface area contributed by atoms with Gasteiger partial charge in [-0.05, 0) is 55.5 Å². The van der Waals surface area contributed by atoms with E-state index in [-0.39, 0.29) is 22.9 Å². The van der Waals surface area contributed by atoms with Crippen molar-refractivity contribution >= 4 is 19.2 Å². The molecule has 0 amide bonds. The van der Waals surface area contributed by atoms with E-state index in [1.54, 1.807) is 0 Å². The molecule has 1 atom stereocenters. The lowest BCUT2D eigenvalue weighted by molar-refractivity contribution is -0.138. The van der Waals surface area contributed by atoms with Gasteiger partial charge in [0.15, 0.2) is 0 Å². The maximum Gasteiger partial charge on any atom is 0.469 e. The number of hydrogen-bond acceptors (Lipinski definition) is 6. The van der Waals surface area contributed by atoms with Crippen LogP contribution < -0.4 is 10.5 Å². The molecule has 4 N–H and O–H groups in total. The normalized spacial score (nSPS) is 13.9. The number of aryl methyl sites for hydroxylation is 1. The molecule has 0 fully saturated rings. The number of ether oxygens (including phenoxy) is 1. The van der Waals surface area contributed by atoms with Gasteiger partial charge in [0.25, 0.3) is 0 Å². The van der Waals surface area contributed by atoms with Crippen LogP contribution in [0.4, 0.5) is 13.2 Å². The lowest BCUT2D eigenvalue weighted by atomic mass is 10.1. The molecule has 0 aliphatic heterocycles. The van der Waals surface area contributed by atoms with Crippen LogP contribution >= 0.6 is 19.2 Å². The minimum atomic E-state index is -4.74. The number of hydrogen-bond donors (Lipinski definition) is 3. The second kappa shape index (κ2) is 12.5. The summed E-state index contributed by atoms with van der Waals surface area (Å²) < 4.78 is 62.3. The smallest absolute Gasteiger partial charge is 0.469 e. The van der Waals surface area contributed by atoms with Crippen LogP contribution in [0.25, 0.3) is 10.4 Å². The molecule has 0 aliphatic carbocycles. The first-order valence-corrected chi connectivity index (χ1v) is 14.0. The number of unbranched alkanes of at least 4 members (excludes halogenated alkanes) is 3. The lowest BCUT2D eigenvalue weighted by Crippen LogP contribution is -2.37. The average Bonchev–Trinajstić information content (AvgIpc) is 3.33. The number of phosphoric acid groups is 1. The minimum absolute atomic E-state index is 0.184. The molecule has 1 aromatic heterocycles. The van der Waals surface area contributed by atoms with Crippen LogP contribution in [0.2, 0.25) is 0 Å². The van der Waals surface area contributed by atoms with Gasteiger partial charge in [-0.1, -0.05) is 43.2 Å². The van der Waals surface area contributed by atoms with E-state index in [9.17, 15) is 17.7 Å². The Morgan fingerprint density at radius 2 is 1.76 bits per heavy atom. The third-order valence-electron chi connectivity index (χ3n) is 5.56. The van der Waals surface area contributed by atoms with Crippen LogP contribution in [0.5, 0.6) is 5.75 Å². The second-order valence-electron chi connectivity index (χ2n) is 8.92. The van der Waals surface area contributed by atoms with Crippen molar-refractivity contribution in [2.24, 2.45) is 5.73 Å². The summed E-state index contributed by atoms with van der Waals surface area (Å²) >= 11 is 1.02. The van der Waals surface area contributed by atoms with E-state index in [1.165, 1.54) is 30.8 Å². The van der Waals surface area contributed by atoms with E-state index in [1.807, 2.05) is 18.2 Å². The summed E-state index contributed by atoms with van der Waals surface area (Å²) in [5.41, 5.74) is 5.38. The largest absolute Gasteiger partial charge is 0.493 e. The number of halogens is 3. The number of thiazole rings is 1. The highest BCUT2D eigenvalue weighted by atomic mass is 32.1. The zero-order valence-corrected chi connectivity index (χ0v) is 22.0. The van der Waals surface area contributed by atoms with E-state index in [2.05, 4.69) is 21.6 Å². The second-order valence-corrected chi connectivity index (χ2v) is 11.2. The van der Waals surface area contributed by atoms with Crippen molar-refractivity contribution in [2.45, 2.75) is 50.7 Å². The predicted octanol–water partition coefficient (Wildman–Crippen LogP) is 6.29. The first kappa shape index (κ1) is 29.3. The molecule has 0 unspecified atom stereocenters. The summed E-state index contributed by atoms with van der Waals surface area (Å²) in [5, 5.41) is 0.261. The molecule has 0 aliphatic rings. The number of nitrogens with zero attached hydrogens (tertiary/aromatic N) is 1. The third kappa shape index (κ3) is 9.21. The standard InChI is InChI=1S/C25H30F3N2O5PS/c1-24(29,17-35-36(31,32)33)23-30-16-22(37-23)19-12-13-21(20(15-19)25(26,27)28)34-14-8-3-2-5-9-18-10-6-4-7-11-18/h4,6-7,10-13,15-16H,2-3,5,8-9,14,17,29H2,1H3,(H2,31,32,33)/t24-/m0/s1. The fourth-order valence-corrected chi connectivity index (χ4v) is 4.99. The number of rotatable bonds is 13. The van der Waals surface area contributed by atoms with Gasteiger partial charge in [-0.3, -0.25) is 4.52 Å². The molecule has 0 radical (unpaired) electrons. The van der Waals surface area contributed by atoms with Crippen molar-refractivity contribution in [2.75, 3.05) is 13.2 Å². The zero-order valence-electron chi connectivity index (χ0n) is 20.3. The number of aromatic nitrogens is 1. The highest BCUT2D eigenvalue weighted by Crippen LogP contribution is 2.42. The van der Waals surface area contributed by atoms with Gasteiger partial charge in [-0.15, -0.1) is 11.3 Å². The van der Waals surface area contributed by atoms with Crippen molar-refractivity contribution in [1.82, 2.24) is 4.98 Å². The van der Waals surface area contributed by atoms with Gasteiger partial charge in [0.05, 0.1) is 29.2 Å². The summed E-state index contributed by atoms with van der Waals surface area (Å²) in [6, 6.07) is 13.9. The molecule has 2 aromatic carbocycles.